The molecular weight excluding hydrogens is 218 g/mol. The van der Waals surface area contributed by atoms with Crippen molar-refractivity contribution in [2.75, 3.05) is 26.8 Å². The fourth-order valence-corrected chi connectivity index (χ4v) is 1.48. The quantitative estimate of drug-likeness (QED) is 0.688. The van der Waals surface area contributed by atoms with Crippen LogP contribution < -0.4 is 5.73 Å². The van der Waals surface area contributed by atoms with Crippen LogP contribution in [0.15, 0.2) is 12.4 Å². The van der Waals surface area contributed by atoms with Crippen LogP contribution in [0.5, 0.6) is 0 Å². The Kier molecular flexibility index (Phi) is 9.24. The lowest BCUT2D eigenvalue weighted by Crippen LogP contribution is -2.23. The van der Waals surface area contributed by atoms with Crippen molar-refractivity contribution in [2.45, 2.75) is 32.6 Å². The molecule has 1 rings (SSSR count). The van der Waals surface area contributed by atoms with E-state index in [0.29, 0.717) is 0 Å². The van der Waals surface area contributed by atoms with Crippen molar-refractivity contribution in [1.82, 2.24) is 9.80 Å². The van der Waals surface area contributed by atoms with Gasteiger partial charge in [-0.3, -0.25) is 4.79 Å². The molecule has 0 amide bonds. The SMILES string of the molecule is CCCCCCN1C=CN(C)C1.NCC(=O)O. The van der Waals surface area contributed by atoms with E-state index in [1.54, 1.807) is 0 Å². The lowest BCUT2D eigenvalue weighted by Gasteiger charge is -2.17. The Bertz CT molecular complexity index is 232. The minimum Gasteiger partial charge on any atom is -0.480 e. The van der Waals surface area contributed by atoms with Crippen LogP contribution >= 0.6 is 0 Å². The molecule has 0 spiro atoms. The van der Waals surface area contributed by atoms with Crippen molar-refractivity contribution >= 4 is 5.97 Å². The molecule has 0 aromatic heterocycles. The molecule has 0 saturated carbocycles. The first-order valence-corrected chi connectivity index (χ1v) is 6.14. The summed E-state index contributed by atoms with van der Waals surface area (Å²) in [5.74, 6) is -0.968. The largest absolute Gasteiger partial charge is 0.480 e. The molecule has 0 fully saturated rings. The minimum atomic E-state index is -0.968. The second-order valence-electron chi connectivity index (χ2n) is 4.17. The fraction of sp³-hybridized carbons (Fsp3) is 0.750. The predicted molar refractivity (Wildman–Crippen MR) is 69.3 cm³/mol. The van der Waals surface area contributed by atoms with E-state index in [-0.39, 0.29) is 6.54 Å². The first-order valence-electron chi connectivity index (χ1n) is 6.14. The smallest absolute Gasteiger partial charge is 0.317 e. The van der Waals surface area contributed by atoms with E-state index in [1.807, 2.05) is 0 Å². The van der Waals surface area contributed by atoms with Gasteiger partial charge in [-0.25, -0.2) is 0 Å². The monoisotopic (exact) mass is 243 g/mol. The molecule has 5 nitrogen and oxygen atoms in total. The molecule has 0 unspecified atom stereocenters. The second-order valence-corrected chi connectivity index (χ2v) is 4.17. The van der Waals surface area contributed by atoms with Gasteiger partial charge in [-0.2, -0.15) is 0 Å². The predicted octanol–water partition coefficient (Wildman–Crippen LogP) is 1.27. The highest BCUT2D eigenvalue weighted by Gasteiger charge is 2.06. The fourth-order valence-electron chi connectivity index (χ4n) is 1.48. The summed E-state index contributed by atoms with van der Waals surface area (Å²) in [4.78, 5) is 13.8. The zero-order valence-electron chi connectivity index (χ0n) is 10.9. The third kappa shape index (κ3) is 9.68. The van der Waals surface area contributed by atoms with Crippen LogP contribution in [0, 0.1) is 0 Å². The molecule has 1 aliphatic heterocycles. The summed E-state index contributed by atoms with van der Waals surface area (Å²) in [6, 6.07) is 0. The zero-order valence-corrected chi connectivity index (χ0v) is 10.9. The van der Waals surface area contributed by atoms with Gasteiger partial charge in [0.2, 0.25) is 0 Å². The molecule has 1 aliphatic rings. The standard InChI is InChI=1S/C10H20N2.C2H5NO2/c1-3-4-5-6-7-12-9-8-11(2)10-12;3-1-2(4)5/h8-9H,3-7,10H2,1-2H3;1,3H2,(H,4,5). The van der Waals surface area contributed by atoms with E-state index < -0.39 is 5.97 Å². The Morgan fingerprint density at radius 2 is 2.00 bits per heavy atom. The lowest BCUT2D eigenvalue weighted by atomic mass is 10.2. The normalized spacial score (nSPS) is 13.6. The van der Waals surface area contributed by atoms with Gasteiger partial charge in [0.15, 0.2) is 0 Å². The van der Waals surface area contributed by atoms with Gasteiger partial charge in [0.25, 0.3) is 0 Å². The first kappa shape index (κ1) is 15.8. The molecule has 0 aliphatic carbocycles. The highest BCUT2D eigenvalue weighted by atomic mass is 16.4. The van der Waals surface area contributed by atoms with Crippen LogP contribution in [0.1, 0.15) is 32.6 Å². The molecule has 5 heteroatoms. The van der Waals surface area contributed by atoms with Gasteiger partial charge in [0, 0.05) is 26.0 Å². The van der Waals surface area contributed by atoms with Gasteiger partial charge in [-0.1, -0.05) is 26.2 Å². The third-order valence-corrected chi connectivity index (χ3v) is 2.41. The van der Waals surface area contributed by atoms with Crippen LogP contribution in [0.25, 0.3) is 0 Å². The van der Waals surface area contributed by atoms with Gasteiger partial charge in [-0.15, -0.1) is 0 Å². The number of carbonyl (C=O) groups is 1. The van der Waals surface area contributed by atoms with Gasteiger partial charge in [-0.05, 0) is 6.42 Å². The molecule has 0 atom stereocenters. The first-order chi connectivity index (χ1) is 8.10. The summed E-state index contributed by atoms with van der Waals surface area (Å²) in [6.45, 7) is 4.27. The summed E-state index contributed by atoms with van der Waals surface area (Å²) in [5, 5.41) is 7.60. The van der Waals surface area contributed by atoms with Gasteiger partial charge in [0.05, 0.1) is 13.2 Å². The summed E-state index contributed by atoms with van der Waals surface area (Å²) in [5.41, 5.74) is 4.57. The lowest BCUT2D eigenvalue weighted by molar-refractivity contribution is -0.135. The van der Waals surface area contributed by atoms with Crippen molar-refractivity contribution in [3.8, 4) is 0 Å². The molecule has 100 valence electrons. The molecule has 3 N–H and O–H groups in total. The van der Waals surface area contributed by atoms with E-state index in [9.17, 15) is 4.79 Å². The van der Waals surface area contributed by atoms with Crippen molar-refractivity contribution < 1.29 is 9.90 Å². The highest BCUT2D eigenvalue weighted by molar-refractivity contribution is 5.68. The van der Waals surface area contributed by atoms with Gasteiger partial charge < -0.3 is 20.6 Å². The Morgan fingerprint density at radius 3 is 2.41 bits per heavy atom. The van der Waals surface area contributed by atoms with Crippen LogP contribution in [0.2, 0.25) is 0 Å². The summed E-state index contributed by atoms with van der Waals surface area (Å²) in [7, 11) is 2.11. The van der Waals surface area contributed by atoms with E-state index in [4.69, 9.17) is 5.11 Å². The summed E-state index contributed by atoms with van der Waals surface area (Å²) < 4.78 is 0. The van der Waals surface area contributed by atoms with Crippen LogP contribution in [-0.4, -0.2) is 47.7 Å². The maximum atomic E-state index is 9.24. The molecule has 1 heterocycles. The average molecular weight is 243 g/mol. The highest BCUT2D eigenvalue weighted by Crippen LogP contribution is 2.06. The number of aliphatic carboxylic acids is 1. The Hall–Kier alpha value is -1.23. The van der Waals surface area contributed by atoms with E-state index >= 15 is 0 Å². The number of carboxylic acids is 1. The number of hydrogen-bond donors (Lipinski definition) is 2. The van der Waals surface area contributed by atoms with Crippen molar-refractivity contribution in [1.29, 1.82) is 0 Å². The zero-order chi connectivity index (χ0) is 13.1. The molecule has 0 saturated heterocycles. The van der Waals surface area contributed by atoms with Crippen LogP contribution in [0.4, 0.5) is 0 Å². The van der Waals surface area contributed by atoms with Crippen molar-refractivity contribution in [3.05, 3.63) is 12.4 Å². The van der Waals surface area contributed by atoms with Crippen molar-refractivity contribution in [2.24, 2.45) is 5.73 Å². The number of nitrogens with two attached hydrogens (primary N) is 1. The van der Waals surface area contributed by atoms with Gasteiger partial charge in [0.1, 0.15) is 0 Å². The third-order valence-electron chi connectivity index (χ3n) is 2.41. The Morgan fingerprint density at radius 1 is 1.35 bits per heavy atom. The number of nitrogens with zero attached hydrogens (tertiary/aromatic N) is 2. The second kappa shape index (κ2) is 9.96. The van der Waals surface area contributed by atoms with E-state index in [0.717, 1.165) is 6.67 Å². The van der Waals surface area contributed by atoms with E-state index in [2.05, 4.69) is 41.9 Å². The summed E-state index contributed by atoms with van der Waals surface area (Å²) >= 11 is 0. The summed E-state index contributed by atoms with van der Waals surface area (Å²) in [6.07, 6.45) is 9.76. The van der Waals surface area contributed by atoms with Gasteiger partial charge >= 0.3 is 5.97 Å². The number of carboxylic acid groups (broad SMARTS) is 1. The Balaban J connectivity index is 0.000000437. The van der Waals surface area contributed by atoms with Crippen molar-refractivity contribution in [3.63, 3.8) is 0 Å². The van der Waals surface area contributed by atoms with E-state index in [1.165, 1.54) is 32.2 Å². The molecule has 0 bridgehead atoms. The average Bonchev–Trinajstić information content (AvgIpc) is 2.71. The maximum Gasteiger partial charge on any atom is 0.317 e. The maximum absolute atomic E-state index is 9.24. The number of hydrogen-bond acceptors (Lipinski definition) is 4. The molecule has 0 radical (unpaired) electrons. The molecule has 0 aromatic rings. The molecular formula is C12H25N3O2. The number of rotatable bonds is 6. The number of unbranched alkanes of at least 4 members (excludes halogenated alkanes) is 3. The minimum absolute atomic E-state index is 0.278. The topological polar surface area (TPSA) is 69.8 Å². The van der Waals surface area contributed by atoms with Crippen LogP contribution in [0.3, 0.4) is 0 Å². The van der Waals surface area contributed by atoms with Crippen LogP contribution in [-0.2, 0) is 4.79 Å². The molecule has 0 aromatic carbocycles. The molecule has 17 heavy (non-hydrogen) atoms. The Labute approximate surface area is 104 Å².